The highest BCUT2D eigenvalue weighted by molar-refractivity contribution is 6.39. The SMILES string of the molecule is COc1cc2nc(-c3ccccc3)c(-c3ccncc3)c(Cl)c2cc1OC. The van der Waals surface area contributed by atoms with Gasteiger partial charge in [0.05, 0.1) is 30.5 Å². The molecule has 27 heavy (non-hydrogen) atoms. The molecule has 2 heterocycles. The number of halogens is 1. The monoisotopic (exact) mass is 376 g/mol. The first-order chi connectivity index (χ1) is 13.2. The molecule has 0 fully saturated rings. The first kappa shape index (κ1) is 17.3. The van der Waals surface area contributed by atoms with Gasteiger partial charge in [0.2, 0.25) is 0 Å². The van der Waals surface area contributed by atoms with E-state index in [4.69, 9.17) is 26.1 Å². The van der Waals surface area contributed by atoms with Crippen molar-refractivity contribution in [1.82, 2.24) is 9.97 Å². The van der Waals surface area contributed by atoms with Crippen molar-refractivity contribution in [2.24, 2.45) is 0 Å². The molecule has 0 aliphatic heterocycles. The highest BCUT2D eigenvalue weighted by Crippen LogP contribution is 2.43. The van der Waals surface area contributed by atoms with E-state index in [1.165, 1.54) is 0 Å². The Balaban J connectivity index is 2.10. The second-order valence-electron chi connectivity index (χ2n) is 5.98. The molecule has 134 valence electrons. The lowest BCUT2D eigenvalue weighted by Gasteiger charge is -2.16. The minimum Gasteiger partial charge on any atom is -0.493 e. The first-order valence-corrected chi connectivity index (χ1v) is 8.81. The average molecular weight is 377 g/mol. The van der Waals surface area contributed by atoms with Crippen molar-refractivity contribution in [2.45, 2.75) is 0 Å². The van der Waals surface area contributed by atoms with Gasteiger partial charge in [0.1, 0.15) is 0 Å². The standard InChI is InChI=1S/C22H17ClN2O2/c1-26-18-12-16-17(13-19(18)27-2)25-22(15-6-4-3-5-7-15)20(21(16)23)14-8-10-24-11-9-14/h3-13H,1-2H3. The van der Waals surface area contributed by atoms with Gasteiger partial charge in [0.15, 0.2) is 11.5 Å². The van der Waals surface area contributed by atoms with Crippen molar-refractivity contribution >= 4 is 22.5 Å². The van der Waals surface area contributed by atoms with Crippen LogP contribution in [0.3, 0.4) is 0 Å². The van der Waals surface area contributed by atoms with Crippen LogP contribution in [-0.2, 0) is 0 Å². The van der Waals surface area contributed by atoms with Crippen LogP contribution in [-0.4, -0.2) is 24.2 Å². The normalized spacial score (nSPS) is 10.8. The fraction of sp³-hybridized carbons (Fsp3) is 0.0909. The maximum Gasteiger partial charge on any atom is 0.162 e. The molecule has 0 saturated carbocycles. The molecule has 0 spiro atoms. The summed E-state index contributed by atoms with van der Waals surface area (Å²) in [6.45, 7) is 0. The third-order valence-corrected chi connectivity index (χ3v) is 4.84. The largest absolute Gasteiger partial charge is 0.493 e. The van der Waals surface area contributed by atoms with E-state index < -0.39 is 0 Å². The van der Waals surface area contributed by atoms with Crippen LogP contribution >= 0.6 is 11.6 Å². The molecule has 4 nitrogen and oxygen atoms in total. The van der Waals surface area contributed by atoms with Gasteiger partial charge in [-0.15, -0.1) is 0 Å². The van der Waals surface area contributed by atoms with Crippen LogP contribution in [0.1, 0.15) is 0 Å². The minimum absolute atomic E-state index is 0.613. The fourth-order valence-electron chi connectivity index (χ4n) is 3.14. The number of nitrogens with zero attached hydrogens (tertiary/aromatic N) is 2. The maximum atomic E-state index is 6.90. The summed E-state index contributed by atoms with van der Waals surface area (Å²) >= 11 is 6.90. The summed E-state index contributed by atoms with van der Waals surface area (Å²) in [5, 5.41) is 1.42. The number of pyridine rings is 2. The van der Waals surface area contributed by atoms with Crippen molar-refractivity contribution < 1.29 is 9.47 Å². The Kier molecular flexibility index (Phi) is 4.65. The lowest BCUT2D eigenvalue weighted by molar-refractivity contribution is 0.356. The van der Waals surface area contributed by atoms with Gasteiger partial charge in [0.25, 0.3) is 0 Å². The lowest BCUT2D eigenvalue weighted by Crippen LogP contribution is -1.96. The van der Waals surface area contributed by atoms with Gasteiger partial charge < -0.3 is 9.47 Å². The molecule has 5 heteroatoms. The predicted molar refractivity (Wildman–Crippen MR) is 109 cm³/mol. The van der Waals surface area contributed by atoms with Crippen molar-refractivity contribution in [3.8, 4) is 33.9 Å². The number of hydrogen-bond acceptors (Lipinski definition) is 4. The summed E-state index contributed by atoms with van der Waals surface area (Å²) in [7, 11) is 3.21. The van der Waals surface area contributed by atoms with Crippen molar-refractivity contribution in [3.05, 3.63) is 72.0 Å². The van der Waals surface area contributed by atoms with E-state index in [2.05, 4.69) is 4.98 Å². The second kappa shape index (κ2) is 7.25. The van der Waals surface area contributed by atoms with Crippen molar-refractivity contribution in [2.75, 3.05) is 14.2 Å². The Bertz CT molecular complexity index is 1100. The number of hydrogen-bond donors (Lipinski definition) is 0. The van der Waals surface area contributed by atoms with Crippen LogP contribution in [0.15, 0.2) is 67.0 Å². The van der Waals surface area contributed by atoms with Crippen LogP contribution in [0.25, 0.3) is 33.3 Å². The molecule has 0 bridgehead atoms. The molecular formula is C22H17ClN2O2. The molecule has 0 radical (unpaired) electrons. The van der Waals surface area contributed by atoms with Gasteiger partial charge in [0, 0.05) is 35.0 Å². The van der Waals surface area contributed by atoms with Crippen LogP contribution in [0.5, 0.6) is 11.5 Å². The number of aromatic nitrogens is 2. The van der Waals surface area contributed by atoms with E-state index >= 15 is 0 Å². The van der Waals surface area contributed by atoms with Crippen LogP contribution in [0.4, 0.5) is 0 Å². The Morgan fingerprint density at radius 3 is 2.15 bits per heavy atom. The topological polar surface area (TPSA) is 44.2 Å². The lowest BCUT2D eigenvalue weighted by atomic mass is 9.97. The first-order valence-electron chi connectivity index (χ1n) is 8.44. The minimum atomic E-state index is 0.613. The van der Waals surface area contributed by atoms with Crippen LogP contribution < -0.4 is 9.47 Å². The number of ether oxygens (including phenoxy) is 2. The number of fused-ring (bicyclic) bond motifs is 1. The van der Waals surface area contributed by atoms with Gasteiger partial charge in [-0.25, -0.2) is 4.98 Å². The highest BCUT2D eigenvalue weighted by atomic mass is 35.5. The molecule has 0 saturated heterocycles. The van der Waals surface area contributed by atoms with E-state index in [1.54, 1.807) is 26.6 Å². The molecule has 0 unspecified atom stereocenters. The van der Waals surface area contributed by atoms with Gasteiger partial charge in [-0.05, 0) is 23.8 Å². The molecule has 0 aliphatic carbocycles. The highest BCUT2D eigenvalue weighted by Gasteiger charge is 2.19. The number of benzene rings is 2. The van der Waals surface area contributed by atoms with Crippen molar-refractivity contribution in [1.29, 1.82) is 0 Å². The Hall–Kier alpha value is -3.11. The number of methoxy groups -OCH3 is 2. The Morgan fingerprint density at radius 1 is 0.815 bits per heavy atom. The molecule has 0 amide bonds. The molecule has 4 aromatic rings. The Morgan fingerprint density at radius 2 is 1.48 bits per heavy atom. The molecule has 0 aliphatic rings. The molecular weight excluding hydrogens is 360 g/mol. The van der Waals surface area contributed by atoms with E-state index in [9.17, 15) is 0 Å². The zero-order chi connectivity index (χ0) is 18.8. The second-order valence-corrected chi connectivity index (χ2v) is 6.35. The van der Waals surface area contributed by atoms with Crippen LogP contribution in [0.2, 0.25) is 5.02 Å². The predicted octanol–water partition coefficient (Wildman–Crippen LogP) is 5.63. The molecule has 2 aromatic carbocycles. The van der Waals surface area contributed by atoms with Gasteiger partial charge in [-0.3, -0.25) is 4.98 Å². The quantitative estimate of drug-likeness (QED) is 0.462. The molecule has 4 rings (SSSR count). The molecule has 0 atom stereocenters. The van der Waals surface area contributed by atoms with E-state index in [0.29, 0.717) is 16.5 Å². The third-order valence-electron chi connectivity index (χ3n) is 4.44. The zero-order valence-corrected chi connectivity index (χ0v) is 15.7. The summed E-state index contributed by atoms with van der Waals surface area (Å²) in [4.78, 5) is 9.04. The molecule has 0 N–H and O–H groups in total. The zero-order valence-electron chi connectivity index (χ0n) is 14.9. The number of rotatable bonds is 4. The maximum absolute atomic E-state index is 6.90. The smallest absolute Gasteiger partial charge is 0.162 e. The summed E-state index contributed by atoms with van der Waals surface area (Å²) in [6.07, 6.45) is 3.50. The fourth-order valence-corrected chi connectivity index (χ4v) is 3.49. The summed E-state index contributed by atoms with van der Waals surface area (Å²) in [5.74, 6) is 1.23. The molecule has 2 aromatic heterocycles. The van der Waals surface area contributed by atoms with E-state index in [1.807, 2.05) is 54.6 Å². The summed E-state index contributed by atoms with van der Waals surface area (Å²) < 4.78 is 10.9. The Labute approximate surface area is 162 Å². The van der Waals surface area contributed by atoms with Gasteiger partial charge in [-0.2, -0.15) is 0 Å². The summed E-state index contributed by atoms with van der Waals surface area (Å²) in [5.41, 5.74) is 4.37. The summed E-state index contributed by atoms with van der Waals surface area (Å²) in [6, 6.07) is 17.6. The average Bonchev–Trinajstić information content (AvgIpc) is 2.74. The van der Waals surface area contributed by atoms with Crippen molar-refractivity contribution in [3.63, 3.8) is 0 Å². The van der Waals surface area contributed by atoms with Crippen LogP contribution in [0, 0.1) is 0 Å². The van der Waals surface area contributed by atoms with E-state index in [-0.39, 0.29) is 0 Å². The van der Waals surface area contributed by atoms with Gasteiger partial charge >= 0.3 is 0 Å². The van der Waals surface area contributed by atoms with Gasteiger partial charge in [-0.1, -0.05) is 41.9 Å². The third kappa shape index (κ3) is 3.09. The van der Waals surface area contributed by atoms with E-state index in [0.717, 1.165) is 33.3 Å².